The molecule has 1 aromatic rings. The van der Waals surface area contributed by atoms with E-state index in [0.717, 1.165) is 0 Å². The molecule has 1 rings (SSSR count). The standard InChI is InChI=1S/C14H19O6/c1-9(2)8-19-20-14(15)10-6-12(17-4)13(18-5)7-11(10)16-3/h6-9H,1-5H3. The summed E-state index contributed by atoms with van der Waals surface area (Å²) in [6, 6.07) is 3.01. The first-order chi connectivity index (χ1) is 9.53. The summed E-state index contributed by atoms with van der Waals surface area (Å²) in [7, 11) is 4.41. The lowest BCUT2D eigenvalue weighted by molar-refractivity contribution is -0.217. The van der Waals surface area contributed by atoms with E-state index in [1.807, 2.05) is 13.8 Å². The first-order valence-corrected chi connectivity index (χ1v) is 6.04. The molecule has 0 aliphatic rings. The molecule has 6 heteroatoms. The number of rotatable bonds is 7. The van der Waals surface area contributed by atoms with E-state index in [1.54, 1.807) is 6.07 Å². The zero-order valence-electron chi connectivity index (χ0n) is 12.3. The normalized spacial score (nSPS) is 10.3. The molecule has 111 valence electrons. The van der Waals surface area contributed by atoms with E-state index in [0.29, 0.717) is 17.2 Å². The molecule has 0 atom stereocenters. The Morgan fingerprint density at radius 3 is 2.05 bits per heavy atom. The lowest BCUT2D eigenvalue weighted by Crippen LogP contribution is -2.09. The third kappa shape index (κ3) is 4.03. The number of ether oxygens (including phenoxy) is 3. The minimum atomic E-state index is -0.681. The summed E-state index contributed by atoms with van der Waals surface area (Å²) >= 11 is 0. The number of hydrogen-bond donors (Lipinski definition) is 0. The average molecular weight is 283 g/mol. The second-order valence-corrected chi connectivity index (χ2v) is 4.25. The largest absolute Gasteiger partial charge is 0.496 e. The molecule has 0 fully saturated rings. The molecule has 0 aliphatic carbocycles. The van der Waals surface area contributed by atoms with Gasteiger partial charge in [0.15, 0.2) is 11.5 Å². The fourth-order valence-corrected chi connectivity index (χ4v) is 1.42. The van der Waals surface area contributed by atoms with Crippen molar-refractivity contribution in [2.75, 3.05) is 21.3 Å². The van der Waals surface area contributed by atoms with Gasteiger partial charge in [0, 0.05) is 12.1 Å². The fraction of sp³-hybridized carbons (Fsp3) is 0.429. The molecule has 1 aromatic carbocycles. The van der Waals surface area contributed by atoms with Crippen molar-refractivity contribution in [3.63, 3.8) is 0 Å². The van der Waals surface area contributed by atoms with Gasteiger partial charge in [-0.05, 0) is 5.92 Å². The number of benzene rings is 1. The van der Waals surface area contributed by atoms with Gasteiger partial charge in [0.1, 0.15) is 17.9 Å². The van der Waals surface area contributed by atoms with Crippen LogP contribution in [0.1, 0.15) is 24.2 Å². The zero-order valence-corrected chi connectivity index (χ0v) is 12.3. The van der Waals surface area contributed by atoms with Gasteiger partial charge in [-0.3, -0.25) is 4.89 Å². The van der Waals surface area contributed by atoms with Crippen LogP contribution in [0.5, 0.6) is 17.2 Å². The van der Waals surface area contributed by atoms with Gasteiger partial charge in [-0.15, -0.1) is 0 Å². The van der Waals surface area contributed by atoms with Crippen molar-refractivity contribution in [3.05, 3.63) is 24.3 Å². The van der Waals surface area contributed by atoms with Crippen LogP contribution >= 0.6 is 0 Å². The minimum absolute atomic E-state index is 0.134. The Balaban J connectivity index is 2.94. The SMILES string of the molecule is COc1cc(OC)c(C(=O)OO[CH]C(C)C)cc1OC. The summed E-state index contributed by atoms with van der Waals surface area (Å²) in [6.07, 6.45) is 0. The molecule has 0 amide bonds. The Hall–Kier alpha value is -1.95. The van der Waals surface area contributed by atoms with E-state index >= 15 is 0 Å². The molecule has 6 nitrogen and oxygen atoms in total. The maximum atomic E-state index is 11.9. The Bertz CT molecular complexity index is 455. The van der Waals surface area contributed by atoms with Crippen molar-refractivity contribution in [1.82, 2.24) is 0 Å². The predicted molar refractivity (Wildman–Crippen MR) is 71.7 cm³/mol. The Morgan fingerprint density at radius 1 is 1.00 bits per heavy atom. The maximum Gasteiger partial charge on any atom is 0.376 e. The highest BCUT2D eigenvalue weighted by Gasteiger charge is 2.20. The van der Waals surface area contributed by atoms with Crippen molar-refractivity contribution < 1.29 is 28.8 Å². The van der Waals surface area contributed by atoms with Crippen LogP contribution in [0.2, 0.25) is 0 Å². The van der Waals surface area contributed by atoms with Gasteiger partial charge in [-0.1, -0.05) is 13.8 Å². The molecule has 0 saturated heterocycles. The van der Waals surface area contributed by atoms with Gasteiger partial charge in [0.2, 0.25) is 0 Å². The molecular weight excluding hydrogens is 264 g/mol. The monoisotopic (exact) mass is 283 g/mol. The Morgan fingerprint density at radius 2 is 1.55 bits per heavy atom. The fourth-order valence-electron chi connectivity index (χ4n) is 1.42. The maximum absolute atomic E-state index is 11.9. The van der Waals surface area contributed by atoms with Gasteiger partial charge in [0.05, 0.1) is 21.3 Å². The molecule has 1 radical (unpaired) electrons. The van der Waals surface area contributed by atoms with Crippen molar-refractivity contribution in [3.8, 4) is 17.2 Å². The van der Waals surface area contributed by atoms with Crippen molar-refractivity contribution in [1.29, 1.82) is 0 Å². The third-order valence-corrected chi connectivity index (χ3v) is 2.38. The molecule has 0 heterocycles. The summed E-state index contributed by atoms with van der Waals surface area (Å²) in [5.41, 5.74) is 0.183. The first-order valence-electron chi connectivity index (χ1n) is 6.04. The Kier molecular flexibility index (Phi) is 6.11. The highest BCUT2D eigenvalue weighted by Crippen LogP contribution is 2.34. The van der Waals surface area contributed by atoms with Gasteiger partial charge in [0.25, 0.3) is 0 Å². The average Bonchev–Trinajstić information content (AvgIpc) is 2.45. The van der Waals surface area contributed by atoms with E-state index in [-0.39, 0.29) is 11.5 Å². The van der Waals surface area contributed by atoms with Gasteiger partial charge in [-0.2, -0.15) is 4.89 Å². The minimum Gasteiger partial charge on any atom is -0.496 e. The summed E-state index contributed by atoms with van der Waals surface area (Å²) in [6.45, 7) is 5.20. The number of carbonyl (C=O) groups excluding carboxylic acids is 1. The highest BCUT2D eigenvalue weighted by atomic mass is 17.2. The molecule has 20 heavy (non-hydrogen) atoms. The second kappa shape index (κ2) is 7.59. The highest BCUT2D eigenvalue weighted by molar-refractivity contribution is 5.93. The van der Waals surface area contributed by atoms with E-state index in [1.165, 1.54) is 34.0 Å². The van der Waals surface area contributed by atoms with Crippen molar-refractivity contribution in [2.24, 2.45) is 5.92 Å². The van der Waals surface area contributed by atoms with Crippen LogP contribution < -0.4 is 14.2 Å². The third-order valence-electron chi connectivity index (χ3n) is 2.38. The molecule has 0 saturated carbocycles. The van der Waals surface area contributed by atoms with Crippen LogP contribution in [-0.4, -0.2) is 27.3 Å². The van der Waals surface area contributed by atoms with Crippen LogP contribution in [-0.2, 0) is 9.78 Å². The van der Waals surface area contributed by atoms with E-state index < -0.39 is 5.97 Å². The van der Waals surface area contributed by atoms with E-state index in [4.69, 9.17) is 19.1 Å². The van der Waals surface area contributed by atoms with Crippen LogP contribution in [0.15, 0.2) is 12.1 Å². The topological polar surface area (TPSA) is 63.2 Å². The van der Waals surface area contributed by atoms with Crippen molar-refractivity contribution >= 4 is 5.97 Å². The van der Waals surface area contributed by atoms with Crippen molar-refractivity contribution in [2.45, 2.75) is 13.8 Å². The molecule has 0 N–H and O–H groups in total. The molecule has 0 bridgehead atoms. The van der Waals surface area contributed by atoms with E-state index in [2.05, 4.69) is 4.89 Å². The van der Waals surface area contributed by atoms with E-state index in [9.17, 15) is 4.79 Å². The summed E-state index contributed by atoms with van der Waals surface area (Å²) in [4.78, 5) is 21.4. The quantitative estimate of drug-likeness (QED) is 0.566. The molecular formula is C14H19O6. The zero-order chi connectivity index (χ0) is 15.1. The molecule has 0 spiro atoms. The van der Waals surface area contributed by atoms with Crippen LogP contribution in [0, 0.1) is 12.5 Å². The predicted octanol–water partition coefficient (Wildman–Crippen LogP) is 2.62. The van der Waals surface area contributed by atoms with Gasteiger partial charge < -0.3 is 14.2 Å². The lowest BCUT2D eigenvalue weighted by Gasteiger charge is -2.13. The van der Waals surface area contributed by atoms with Crippen LogP contribution in [0.25, 0.3) is 0 Å². The van der Waals surface area contributed by atoms with Crippen LogP contribution in [0.4, 0.5) is 0 Å². The molecule has 0 aromatic heterocycles. The lowest BCUT2D eigenvalue weighted by atomic mass is 10.1. The number of carbonyl (C=O) groups is 1. The summed E-state index contributed by atoms with van der Waals surface area (Å²) in [5, 5.41) is 0. The van der Waals surface area contributed by atoms with Gasteiger partial charge >= 0.3 is 5.97 Å². The molecule has 0 aliphatic heterocycles. The van der Waals surface area contributed by atoms with Crippen LogP contribution in [0.3, 0.4) is 0 Å². The first kappa shape index (κ1) is 16.1. The summed E-state index contributed by atoms with van der Waals surface area (Å²) < 4.78 is 15.4. The molecule has 0 unspecified atom stereocenters. The Labute approximate surface area is 118 Å². The number of hydrogen-bond acceptors (Lipinski definition) is 6. The summed E-state index contributed by atoms with van der Waals surface area (Å²) in [5.74, 6) is 0.610. The van der Waals surface area contributed by atoms with Gasteiger partial charge in [-0.25, -0.2) is 4.79 Å². The second-order valence-electron chi connectivity index (χ2n) is 4.25. The number of methoxy groups -OCH3 is 3. The smallest absolute Gasteiger partial charge is 0.376 e.